The van der Waals surface area contributed by atoms with E-state index in [9.17, 15) is 24.6 Å². The number of esters is 1. The number of carbonyl (C=O) groups excluding carboxylic acids is 3. The zero-order chi connectivity index (χ0) is 26.3. The highest BCUT2D eigenvalue weighted by Crippen LogP contribution is 2.45. The van der Waals surface area contributed by atoms with Crippen molar-refractivity contribution in [2.24, 2.45) is 0 Å². The van der Waals surface area contributed by atoms with Gasteiger partial charge in [0.2, 0.25) is 0 Å². The molecule has 3 heterocycles. The van der Waals surface area contributed by atoms with Crippen molar-refractivity contribution in [3.05, 3.63) is 69.7 Å². The Morgan fingerprint density at radius 1 is 1.14 bits per heavy atom. The first-order valence-corrected chi connectivity index (χ1v) is 12.3. The van der Waals surface area contributed by atoms with Gasteiger partial charge in [0.1, 0.15) is 29.6 Å². The Morgan fingerprint density at radius 3 is 2.54 bits per heavy atom. The minimum Gasteiger partial charge on any atom is -0.508 e. The summed E-state index contributed by atoms with van der Waals surface area (Å²) in [7, 11) is 0. The molecule has 2 N–H and O–H groups in total. The van der Waals surface area contributed by atoms with Gasteiger partial charge in [0, 0.05) is 5.56 Å². The zero-order valence-corrected chi connectivity index (χ0v) is 20.7. The van der Waals surface area contributed by atoms with Gasteiger partial charge in [-0.15, -0.1) is 0 Å². The minimum absolute atomic E-state index is 0.0118. The van der Waals surface area contributed by atoms with Gasteiger partial charge in [-0.05, 0) is 49.7 Å². The molecule has 1 saturated heterocycles. The molecule has 0 bridgehead atoms. The molecule has 0 aliphatic carbocycles. The summed E-state index contributed by atoms with van der Waals surface area (Å²) in [6, 6.07) is 9.56. The highest BCUT2D eigenvalue weighted by atomic mass is 32.1. The number of ether oxygens (including phenoxy) is 3. The van der Waals surface area contributed by atoms with Crippen LogP contribution in [0.2, 0.25) is 0 Å². The number of aryl methyl sites for hydroxylation is 1. The van der Waals surface area contributed by atoms with Crippen molar-refractivity contribution in [2.45, 2.75) is 19.9 Å². The third-order valence-electron chi connectivity index (χ3n) is 5.92. The molecule has 1 aromatic heterocycles. The average molecular weight is 523 g/mol. The standard InChI is InChI=1S/C26H22N2O8S/c1-3-34-25(33)23-13(2)27-26(37-23)28-20(14-4-7-16(29)8-5-14)19(22(31)24(28)32)21(30)15-6-9-17-18(12-15)36-11-10-35-17/h4-9,12,20,29-30H,3,10-11H2,1-2H3. The number of aliphatic hydroxyl groups excluding tert-OH is 1. The van der Waals surface area contributed by atoms with Crippen LogP contribution in [0.25, 0.3) is 5.76 Å². The van der Waals surface area contributed by atoms with E-state index < -0.39 is 29.5 Å². The number of hydrogen-bond acceptors (Lipinski definition) is 10. The lowest BCUT2D eigenvalue weighted by molar-refractivity contribution is -0.132. The van der Waals surface area contributed by atoms with E-state index in [1.165, 1.54) is 18.2 Å². The van der Waals surface area contributed by atoms with Gasteiger partial charge in [0.25, 0.3) is 5.78 Å². The fourth-order valence-corrected chi connectivity index (χ4v) is 5.21. The number of phenolic OH excluding ortho intramolecular Hbond substituents is 1. The molecule has 1 fully saturated rings. The Kier molecular flexibility index (Phi) is 6.30. The van der Waals surface area contributed by atoms with Crippen molar-refractivity contribution >= 4 is 39.9 Å². The molecule has 1 unspecified atom stereocenters. The number of anilines is 1. The van der Waals surface area contributed by atoms with Crippen LogP contribution in [0.1, 0.15) is 39.5 Å². The zero-order valence-electron chi connectivity index (χ0n) is 19.9. The number of amides is 1. The average Bonchev–Trinajstić information content (AvgIpc) is 3.40. The van der Waals surface area contributed by atoms with Crippen molar-refractivity contribution in [3.63, 3.8) is 0 Å². The van der Waals surface area contributed by atoms with Crippen LogP contribution in [0.3, 0.4) is 0 Å². The Bertz CT molecular complexity index is 1440. The van der Waals surface area contributed by atoms with Crippen molar-refractivity contribution in [1.82, 2.24) is 4.98 Å². The Balaban J connectivity index is 1.66. The molecule has 1 atom stereocenters. The molecule has 2 aliphatic heterocycles. The summed E-state index contributed by atoms with van der Waals surface area (Å²) in [6.07, 6.45) is 0. The number of fused-ring (bicyclic) bond motifs is 1. The predicted octanol–water partition coefficient (Wildman–Crippen LogP) is 3.73. The lowest BCUT2D eigenvalue weighted by Gasteiger charge is -2.23. The Labute approximate surface area is 215 Å². The van der Waals surface area contributed by atoms with E-state index in [0.29, 0.717) is 36.0 Å². The number of carbonyl (C=O) groups is 3. The van der Waals surface area contributed by atoms with Crippen molar-refractivity contribution in [3.8, 4) is 17.2 Å². The predicted molar refractivity (Wildman–Crippen MR) is 133 cm³/mol. The number of phenols is 1. The van der Waals surface area contributed by atoms with E-state index in [-0.39, 0.29) is 33.5 Å². The number of aromatic nitrogens is 1. The first-order chi connectivity index (χ1) is 17.8. The largest absolute Gasteiger partial charge is 0.508 e. The summed E-state index contributed by atoms with van der Waals surface area (Å²) in [5, 5.41) is 21.2. The van der Waals surface area contributed by atoms with Crippen LogP contribution < -0.4 is 14.4 Å². The first-order valence-electron chi connectivity index (χ1n) is 11.4. The van der Waals surface area contributed by atoms with Gasteiger partial charge in [-0.25, -0.2) is 9.78 Å². The number of benzene rings is 2. The Hall–Kier alpha value is -4.38. The molecule has 0 radical (unpaired) electrons. The fourth-order valence-electron chi connectivity index (χ4n) is 4.22. The van der Waals surface area contributed by atoms with Crippen molar-refractivity contribution in [2.75, 3.05) is 24.7 Å². The van der Waals surface area contributed by atoms with Gasteiger partial charge >= 0.3 is 11.9 Å². The number of ketones is 1. The highest BCUT2D eigenvalue weighted by Gasteiger charge is 2.48. The van der Waals surface area contributed by atoms with Crippen molar-refractivity contribution in [1.29, 1.82) is 0 Å². The fraction of sp³-hybridized carbons (Fsp3) is 0.231. The lowest BCUT2D eigenvalue weighted by atomic mass is 9.95. The molecule has 10 nitrogen and oxygen atoms in total. The molecule has 2 aliphatic rings. The second-order valence-electron chi connectivity index (χ2n) is 8.25. The van der Waals surface area contributed by atoms with E-state index in [1.807, 2.05) is 0 Å². The quantitative estimate of drug-likeness (QED) is 0.222. The molecule has 2 aromatic carbocycles. The molecule has 0 saturated carbocycles. The van der Waals surface area contributed by atoms with E-state index in [1.54, 1.807) is 38.1 Å². The number of thiazole rings is 1. The van der Waals surface area contributed by atoms with Gasteiger partial charge in [0.15, 0.2) is 16.6 Å². The summed E-state index contributed by atoms with van der Waals surface area (Å²) in [6.45, 7) is 4.18. The van der Waals surface area contributed by atoms with E-state index in [2.05, 4.69) is 4.98 Å². The minimum atomic E-state index is -1.07. The molecular weight excluding hydrogens is 500 g/mol. The van der Waals surface area contributed by atoms with Crippen LogP contribution in [0, 0.1) is 6.92 Å². The number of hydrogen-bond donors (Lipinski definition) is 2. The van der Waals surface area contributed by atoms with Gasteiger partial charge in [-0.3, -0.25) is 14.5 Å². The first kappa shape index (κ1) is 24.3. The number of Topliss-reactive ketones (excluding diaryl/α,β-unsaturated/α-hetero) is 1. The van der Waals surface area contributed by atoms with Gasteiger partial charge < -0.3 is 24.4 Å². The van der Waals surface area contributed by atoms with Gasteiger partial charge in [0.05, 0.1) is 23.9 Å². The number of nitrogens with zero attached hydrogens (tertiary/aromatic N) is 2. The van der Waals surface area contributed by atoms with Crippen LogP contribution in [0.5, 0.6) is 17.2 Å². The van der Waals surface area contributed by atoms with Gasteiger partial charge in [-0.1, -0.05) is 23.5 Å². The van der Waals surface area contributed by atoms with E-state index >= 15 is 0 Å². The molecule has 3 aromatic rings. The molecular formula is C26H22N2O8S. The monoisotopic (exact) mass is 522 g/mol. The van der Waals surface area contributed by atoms with Crippen LogP contribution in [-0.2, 0) is 14.3 Å². The normalized spacial score (nSPS) is 18.2. The van der Waals surface area contributed by atoms with Crippen LogP contribution in [-0.4, -0.2) is 52.7 Å². The lowest BCUT2D eigenvalue weighted by Crippen LogP contribution is -2.29. The maximum absolute atomic E-state index is 13.3. The number of aliphatic hydroxyl groups is 1. The number of aromatic hydroxyl groups is 1. The topological polar surface area (TPSA) is 135 Å². The second-order valence-corrected chi connectivity index (χ2v) is 9.23. The SMILES string of the molecule is CCOC(=O)c1sc(N2C(=O)C(=O)C(=C(O)c3ccc4c(c3)OCCO4)C2c2ccc(O)cc2)nc1C. The summed E-state index contributed by atoms with van der Waals surface area (Å²) in [5.41, 5.74) is 0.879. The smallest absolute Gasteiger partial charge is 0.350 e. The molecule has 5 rings (SSSR count). The number of rotatable bonds is 5. The summed E-state index contributed by atoms with van der Waals surface area (Å²) in [5.74, 6) is -1.93. The van der Waals surface area contributed by atoms with E-state index in [0.717, 1.165) is 16.2 Å². The second kappa shape index (κ2) is 9.58. The highest BCUT2D eigenvalue weighted by molar-refractivity contribution is 7.17. The third-order valence-corrected chi connectivity index (χ3v) is 7.06. The molecule has 11 heteroatoms. The molecule has 190 valence electrons. The maximum atomic E-state index is 13.3. The third kappa shape index (κ3) is 4.27. The van der Waals surface area contributed by atoms with Crippen LogP contribution >= 0.6 is 11.3 Å². The summed E-state index contributed by atoms with van der Waals surface area (Å²) < 4.78 is 16.2. The summed E-state index contributed by atoms with van der Waals surface area (Å²) in [4.78, 5) is 44.8. The van der Waals surface area contributed by atoms with Crippen LogP contribution in [0.15, 0.2) is 48.0 Å². The van der Waals surface area contributed by atoms with E-state index in [4.69, 9.17) is 14.2 Å². The molecule has 0 spiro atoms. The van der Waals surface area contributed by atoms with Crippen molar-refractivity contribution < 1.29 is 38.8 Å². The van der Waals surface area contributed by atoms with Gasteiger partial charge in [-0.2, -0.15) is 0 Å². The maximum Gasteiger partial charge on any atom is 0.350 e. The Morgan fingerprint density at radius 2 is 1.84 bits per heavy atom. The summed E-state index contributed by atoms with van der Waals surface area (Å²) >= 11 is 0.917. The molecule has 1 amide bonds. The molecule has 37 heavy (non-hydrogen) atoms. The van der Waals surface area contributed by atoms with Crippen LogP contribution in [0.4, 0.5) is 5.13 Å².